The Labute approximate surface area is 196 Å². The molecule has 2 aromatic carbocycles. The second-order valence-electron chi connectivity index (χ2n) is 7.34. The third kappa shape index (κ3) is 4.88. The molecular formula is C22H22Cl3FN4O. The van der Waals surface area contributed by atoms with Crippen LogP contribution in [0.25, 0.3) is 5.69 Å². The minimum absolute atomic E-state index is 0. The molecule has 0 saturated carbocycles. The van der Waals surface area contributed by atoms with Crippen LogP contribution in [0, 0.1) is 12.7 Å². The molecule has 1 saturated heterocycles. The first kappa shape index (κ1) is 23.5. The van der Waals surface area contributed by atoms with Crippen LogP contribution in [0.3, 0.4) is 0 Å². The summed E-state index contributed by atoms with van der Waals surface area (Å²) in [5.41, 5.74) is 3.41. The first-order valence-electron chi connectivity index (χ1n) is 9.76. The average molecular weight is 484 g/mol. The van der Waals surface area contributed by atoms with Crippen LogP contribution in [-0.4, -0.2) is 28.8 Å². The smallest absolute Gasteiger partial charge is 0.259 e. The number of halogens is 4. The monoisotopic (exact) mass is 482 g/mol. The van der Waals surface area contributed by atoms with Crippen molar-refractivity contribution in [1.82, 2.24) is 15.1 Å². The van der Waals surface area contributed by atoms with Gasteiger partial charge in [0, 0.05) is 10.9 Å². The number of nitrogens with zero attached hydrogens (tertiary/aromatic N) is 2. The lowest BCUT2D eigenvalue weighted by Gasteiger charge is -2.25. The molecule has 0 atom stereocenters. The first-order chi connectivity index (χ1) is 14.5. The van der Waals surface area contributed by atoms with Crippen LogP contribution >= 0.6 is 35.6 Å². The van der Waals surface area contributed by atoms with Crippen LogP contribution in [0.1, 0.15) is 40.4 Å². The number of nitrogens with one attached hydrogen (secondary N) is 2. The summed E-state index contributed by atoms with van der Waals surface area (Å²) in [6.45, 7) is 3.67. The highest BCUT2D eigenvalue weighted by molar-refractivity contribution is 6.34. The minimum atomic E-state index is -0.461. The van der Waals surface area contributed by atoms with Crippen LogP contribution in [-0.2, 0) is 0 Å². The Balaban J connectivity index is 0.00000272. The van der Waals surface area contributed by atoms with Crippen LogP contribution in [0.4, 0.5) is 10.1 Å². The average Bonchev–Trinajstić information content (AvgIpc) is 3.18. The predicted molar refractivity (Wildman–Crippen MR) is 125 cm³/mol. The molecule has 0 spiro atoms. The van der Waals surface area contributed by atoms with Crippen LogP contribution in [0.5, 0.6) is 0 Å². The number of hydrogen-bond acceptors (Lipinski definition) is 3. The molecule has 9 heteroatoms. The van der Waals surface area contributed by atoms with Crippen LogP contribution < -0.4 is 10.6 Å². The van der Waals surface area contributed by atoms with E-state index in [0.717, 1.165) is 42.9 Å². The highest BCUT2D eigenvalue weighted by Crippen LogP contribution is 2.33. The topological polar surface area (TPSA) is 59.0 Å². The predicted octanol–water partition coefficient (Wildman–Crippen LogP) is 5.77. The van der Waals surface area contributed by atoms with Gasteiger partial charge in [0.2, 0.25) is 0 Å². The van der Waals surface area contributed by atoms with Crippen LogP contribution in [0.15, 0.2) is 42.6 Å². The lowest BCUT2D eigenvalue weighted by Crippen LogP contribution is -2.29. The number of carbonyl (C=O) groups excluding carboxylic acids is 1. The summed E-state index contributed by atoms with van der Waals surface area (Å²) in [6.07, 6.45) is 3.36. The van der Waals surface area contributed by atoms with E-state index < -0.39 is 5.82 Å². The van der Waals surface area contributed by atoms with Crippen molar-refractivity contribution in [3.05, 3.63) is 75.3 Å². The Hall–Kier alpha value is -2.12. The summed E-state index contributed by atoms with van der Waals surface area (Å²) in [5.74, 6) is -0.628. The summed E-state index contributed by atoms with van der Waals surface area (Å²) in [4.78, 5) is 13.2. The third-order valence-electron chi connectivity index (χ3n) is 5.42. The number of anilines is 1. The van der Waals surface area contributed by atoms with E-state index in [-0.39, 0.29) is 29.3 Å². The molecule has 0 bridgehead atoms. The molecule has 0 radical (unpaired) electrons. The fourth-order valence-corrected chi connectivity index (χ4v) is 4.20. The lowest BCUT2D eigenvalue weighted by atomic mass is 9.91. The maximum Gasteiger partial charge on any atom is 0.259 e. The number of carbonyl (C=O) groups is 1. The zero-order valence-corrected chi connectivity index (χ0v) is 19.1. The summed E-state index contributed by atoms with van der Waals surface area (Å²) in [6, 6.07) is 9.52. The van der Waals surface area contributed by atoms with E-state index in [1.165, 1.54) is 18.2 Å². The largest absolute Gasteiger partial charge is 0.321 e. The number of rotatable bonds is 4. The van der Waals surface area contributed by atoms with Gasteiger partial charge in [0.15, 0.2) is 0 Å². The molecule has 1 fully saturated rings. The van der Waals surface area contributed by atoms with E-state index in [9.17, 15) is 9.18 Å². The van der Waals surface area contributed by atoms with Gasteiger partial charge in [-0.3, -0.25) is 4.79 Å². The van der Waals surface area contributed by atoms with Gasteiger partial charge in [0.1, 0.15) is 5.82 Å². The molecule has 0 unspecified atom stereocenters. The van der Waals surface area contributed by atoms with Crippen molar-refractivity contribution >= 4 is 47.2 Å². The van der Waals surface area contributed by atoms with E-state index in [1.807, 2.05) is 29.8 Å². The number of aromatic nitrogens is 2. The first-order valence-corrected chi connectivity index (χ1v) is 10.5. The van der Waals surface area contributed by atoms with E-state index in [0.29, 0.717) is 16.3 Å². The normalized spacial score (nSPS) is 14.2. The van der Waals surface area contributed by atoms with Crippen molar-refractivity contribution in [3.63, 3.8) is 0 Å². The quantitative estimate of drug-likeness (QED) is 0.495. The maximum absolute atomic E-state index is 13.3. The molecule has 0 aliphatic carbocycles. The molecular weight excluding hydrogens is 462 g/mol. The summed E-state index contributed by atoms with van der Waals surface area (Å²) >= 11 is 12.4. The molecule has 164 valence electrons. The van der Waals surface area contributed by atoms with Crippen molar-refractivity contribution in [3.8, 4) is 5.69 Å². The molecule has 1 aliphatic rings. The molecule has 4 rings (SSSR count). The van der Waals surface area contributed by atoms with Gasteiger partial charge in [-0.2, -0.15) is 5.10 Å². The molecule has 31 heavy (non-hydrogen) atoms. The number of amides is 1. The van der Waals surface area contributed by atoms with Gasteiger partial charge in [0.25, 0.3) is 5.91 Å². The van der Waals surface area contributed by atoms with Crippen molar-refractivity contribution in [2.75, 3.05) is 18.4 Å². The fourth-order valence-electron chi connectivity index (χ4n) is 3.82. The van der Waals surface area contributed by atoms with E-state index in [4.69, 9.17) is 23.2 Å². The van der Waals surface area contributed by atoms with Crippen molar-refractivity contribution in [2.45, 2.75) is 25.7 Å². The van der Waals surface area contributed by atoms with Gasteiger partial charge in [-0.15, -0.1) is 12.4 Å². The van der Waals surface area contributed by atoms with Gasteiger partial charge in [0.05, 0.1) is 33.9 Å². The summed E-state index contributed by atoms with van der Waals surface area (Å²) < 4.78 is 15.2. The molecule has 1 aliphatic heterocycles. The summed E-state index contributed by atoms with van der Waals surface area (Å²) in [7, 11) is 0. The standard InChI is InChI=1S/C22H21Cl2FN4O.ClH/c1-13-17(23)3-2-4-20(13)29-21(14-7-9-26-10-8-14)16(12-27-29)22(30)28-19-6-5-15(25)11-18(19)24;/h2-6,11-12,14,26H,7-10H2,1H3,(H,28,30);1H. The second-order valence-corrected chi connectivity index (χ2v) is 8.16. The van der Waals surface area contributed by atoms with E-state index >= 15 is 0 Å². The molecule has 1 amide bonds. The van der Waals surface area contributed by atoms with Gasteiger partial charge in [-0.05, 0) is 68.8 Å². The Morgan fingerprint density at radius 1 is 1.19 bits per heavy atom. The van der Waals surface area contributed by atoms with Crippen molar-refractivity contribution < 1.29 is 9.18 Å². The van der Waals surface area contributed by atoms with E-state index in [2.05, 4.69) is 15.7 Å². The maximum atomic E-state index is 13.3. The van der Waals surface area contributed by atoms with Gasteiger partial charge in [-0.25, -0.2) is 9.07 Å². The van der Waals surface area contributed by atoms with E-state index in [1.54, 1.807) is 6.20 Å². The molecule has 2 heterocycles. The van der Waals surface area contributed by atoms with Crippen molar-refractivity contribution in [1.29, 1.82) is 0 Å². The van der Waals surface area contributed by atoms with Gasteiger partial charge >= 0.3 is 0 Å². The SMILES string of the molecule is Cc1c(Cl)cccc1-n1ncc(C(=O)Nc2ccc(F)cc2Cl)c1C1CCNCC1.Cl. The van der Waals surface area contributed by atoms with Gasteiger partial charge < -0.3 is 10.6 Å². The Kier molecular flexibility index (Phi) is 7.59. The molecule has 5 nitrogen and oxygen atoms in total. The fraction of sp³-hybridized carbons (Fsp3) is 0.273. The number of hydrogen-bond donors (Lipinski definition) is 2. The zero-order chi connectivity index (χ0) is 21.3. The molecule has 1 aromatic heterocycles. The molecule has 2 N–H and O–H groups in total. The highest BCUT2D eigenvalue weighted by atomic mass is 35.5. The molecule has 3 aromatic rings. The number of piperidine rings is 1. The van der Waals surface area contributed by atoms with Gasteiger partial charge in [-0.1, -0.05) is 29.3 Å². The lowest BCUT2D eigenvalue weighted by molar-refractivity contribution is 0.102. The van der Waals surface area contributed by atoms with Crippen LogP contribution in [0.2, 0.25) is 10.0 Å². The Morgan fingerprint density at radius 2 is 1.94 bits per heavy atom. The Morgan fingerprint density at radius 3 is 2.65 bits per heavy atom. The minimum Gasteiger partial charge on any atom is -0.321 e. The number of benzene rings is 2. The third-order valence-corrected chi connectivity index (χ3v) is 6.15. The highest BCUT2D eigenvalue weighted by Gasteiger charge is 2.28. The zero-order valence-electron chi connectivity index (χ0n) is 16.8. The Bertz CT molecular complexity index is 1100. The summed E-state index contributed by atoms with van der Waals surface area (Å²) in [5, 5.41) is 11.5. The second kappa shape index (κ2) is 10.0. The van der Waals surface area contributed by atoms with Crippen molar-refractivity contribution in [2.24, 2.45) is 0 Å².